The van der Waals surface area contributed by atoms with Crippen molar-refractivity contribution in [2.75, 3.05) is 13.2 Å². The topological polar surface area (TPSA) is 86.5 Å². The number of hydrogen-bond acceptors (Lipinski definition) is 5. The first-order valence-corrected chi connectivity index (χ1v) is 10.2. The van der Waals surface area contributed by atoms with E-state index in [4.69, 9.17) is 22.1 Å². The van der Waals surface area contributed by atoms with E-state index in [0.717, 1.165) is 0 Å². The Bertz CT molecular complexity index is 899. The molecule has 2 aromatic carbocycles. The van der Waals surface area contributed by atoms with Gasteiger partial charge in [-0.2, -0.15) is 0 Å². The van der Waals surface area contributed by atoms with E-state index in [-0.39, 0.29) is 18.0 Å². The number of benzene rings is 2. The van der Waals surface area contributed by atoms with Crippen molar-refractivity contribution in [1.82, 2.24) is 0 Å². The van der Waals surface area contributed by atoms with Crippen LogP contribution in [0.5, 0.6) is 0 Å². The molecule has 1 aliphatic carbocycles. The Hall–Kier alpha value is -1.89. The summed E-state index contributed by atoms with van der Waals surface area (Å²) in [5.74, 6) is -1.15. The molecule has 7 heteroatoms. The smallest absolute Gasteiger partial charge is 0.315 e. The first kappa shape index (κ1) is 18.9. The molecule has 138 valence electrons. The fourth-order valence-corrected chi connectivity index (χ4v) is 6.12. The molecule has 0 heterocycles. The largest absolute Gasteiger partial charge is 0.465 e. The van der Waals surface area contributed by atoms with Crippen LogP contribution in [0.4, 0.5) is 0 Å². The van der Waals surface area contributed by atoms with Gasteiger partial charge in [-0.15, -0.1) is 0 Å². The summed E-state index contributed by atoms with van der Waals surface area (Å²) in [6.45, 7) is 1.73. The molecule has 0 aromatic heterocycles. The predicted molar refractivity (Wildman–Crippen MR) is 99.7 cm³/mol. The first-order chi connectivity index (χ1) is 12.4. The molecule has 0 amide bonds. The third-order valence-electron chi connectivity index (χ3n) is 4.88. The molecule has 3 rings (SSSR count). The predicted octanol–water partition coefficient (Wildman–Crippen LogP) is 2.79. The zero-order valence-corrected chi connectivity index (χ0v) is 15.8. The summed E-state index contributed by atoms with van der Waals surface area (Å²) in [7, 11) is -3.77. The van der Waals surface area contributed by atoms with Gasteiger partial charge < -0.3 is 10.5 Å². The lowest BCUT2D eigenvalue weighted by atomic mass is 9.99. The zero-order valence-electron chi connectivity index (χ0n) is 14.3. The highest BCUT2D eigenvalue weighted by Gasteiger charge is 2.75. The van der Waals surface area contributed by atoms with Gasteiger partial charge in [-0.05, 0) is 36.8 Å². The van der Waals surface area contributed by atoms with Crippen LogP contribution in [-0.2, 0) is 19.4 Å². The minimum absolute atomic E-state index is 0.115. The second-order valence-corrected chi connectivity index (χ2v) is 8.78. The maximum absolute atomic E-state index is 13.2. The maximum Gasteiger partial charge on any atom is 0.315 e. The summed E-state index contributed by atoms with van der Waals surface area (Å²) in [5.41, 5.74) is 5.34. The van der Waals surface area contributed by atoms with Gasteiger partial charge >= 0.3 is 5.97 Å². The van der Waals surface area contributed by atoms with Gasteiger partial charge in [0.15, 0.2) is 9.84 Å². The van der Waals surface area contributed by atoms with Crippen molar-refractivity contribution in [3.63, 3.8) is 0 Å². The molecule has 0 bridgehead atoms. The summed E-state index contributed by atoms with van der Waals surface area (Å²) in [4.78, 5) is 12.9. The molecule has 0 spiro atoms. The number of hydrogen-bond donors (Lipinski definition) is 1. The van der Waals surface area contributed by atoms with E-state index in [9.17, 15) is 13.2 Å². The van der Waals surface area contributed by atoms with Crippen LogP contribution in [0.25, 0.3) is 0 Å². The Labute approximate surface area is 158 Å². The quantitative estimate of drug-likeness (QED) is 0.762. The molecule has 1 saturated carbocycles. The normalized spacial score (nSPS) is 24.9. The van der Waals surface area contributed by atoms with Crippen LogP contribution >= 0.6 is 11.6 Å². The Morgan fingerprint density at radius 2 is 1.77 bits per heavy atom. The van der Waals surface area contributed by atoms with Crippen molar-refractivity contribution in [2.24, 2.45) is 11.1 Å². The summed E-state index contributed by atoms with van der Waals surface area (Å²) in [6.07, 6.45) is 0. The molecule has 1 fully saturated rings. The monoisotopic (exact) mass is 393 g/mol. The van der Waals surface area contributed by atoms with E-state index in [1.54, 1.807) is 49.4 Å². The Morgan fingerprint density at radius 3 is 2.31 bits per heavy atom. The van der Waals surface area contributed by atoms with E-state index >= 15 is 0 Å². The zero-order chi connectivity index (χ0) is 18.9. The van der Waals surface area contributed by atoms with E-state index < -0.39 is 32.4 Å². The molecule has 0 aliphatic heterocycles. The molecule has 1 aliphatic rings. The van der Waals surface area contributed by atoms with Gasteiger partial charge in [-0.3, -0.25) is 4.79 Å². The second-order valence-electron chi connectivity index (χ2n) is 6.27. The summed E-state index contributed by atoms with van der Waals surface area (Å²) in [6, 6.07) is 14.9. The molecule has 3 atom stereocenters. The van der Waals surface area contributed by atoms with E-state index in [0.29, 0.717) is 10.6 Å². The summed E-state index contributed by atoms with van der Waals surface area (Å²) >= 11 is 5.94. The Balaban J connectivity index is 2.11. The number of rotatable bonds is 6. The molecular formula is C19H20ClNO4S. The Morgan fingerprint density at radius 1 is 1.15 bits per heavy atom. The molecular weight excluding hydrogens is 374 g/mol. The van der Waals surface area contributed by atoms with Crippen LogP contribution in [0, 0.1) is 5.41 Å². The van der Waals surface area contributed by atoms with Gasteiger partial charge in [0.2, 0.25) is 0 Å². The lowest BCUT2D eigenvalue weighted by Crippen LogP contribution is -2.33. The fraction of sp³-hybridized carbons (Fsp3) is 0.316. The van der Waals surface area contributed by atoms with Crippen molar-refractivity contribution >= 4 is 27.4 Å². The van der Waals surface area contributed by atoms with Crippen molar-refractivity contribution in [2.45, 2.75) is 23.0 Å². The number of nitrogens with two attached hydrogens (primary N) is 1. The van der Waals surface area contributed by atoms with E-state index in [1.807, 2.05) is 0 Å². The second kappa shape index (κ2) is 7.02. The highest BCUT2D eigenvalue weighted by molar-refractivity contribution is 7.92. The van der Waals surface area contributed by atoms with Gasteiger partial charge in [-0.1, -0.05) is 41.9 Å². The van der Waals surface area contributed by atoms with Gasteiger partial charge in [0.25, 0.3) is 0 Å². The van der Waals surface area contributed by atoms with Crippen molar-refractivity contribution in [1.29, 1.82) is 0 Å². The van der Waals surface area contributed by atoms with E-state index in [2.05, 4.69) is 0 Å². The minimum atomic E-state index is -3.77. The SMILES string of the molecule is CCOC(=O)[C@]1(CN)[C@H](c2ccc(Cl)cc2)[C@@H]1S(=O)(=O)c1ccccc1. The van der Waals surface area contributed by atoms with Gasteiger partial charge in [0.05, 0.1) is 16.8 Å². The molecule has 5 nitrogen and oxygen atoms in total. The lowest BCUT2D eigenvalue weighted by molar-refractivity contribution is -0.149. The number of sulfone groups is 1. The minimum Gasteiger partial charge on any atom is -0.465 e. The van der Waals surface area contributed by atoms with Crippen LogP contribution < -0.4 is 5.73 Å². The van der Waals surface area contributed by atoms with Gasteiger partial charge in [0, 0.05) is 17.5 Å². The number of carbonyl (C=O) groups is 1. The standard InChI is InChI=1S/C19H20ClNO4S/c1-2-25-18(22)19(12-21)16(13-8-10-14(20)11-9-13)17(19)26(23,24)15-6-4-3-5-7-15/h3-11,16-17H,2,12,21H2,1H3/t16-,17+,19-/m1/s1. The average molecular weight is 394 g/mol. The summed E-state index contributed by atoms with van der Waals surface area (Å²) in [5, 5.41) is -0.436. The molecule has 26 heavy (non-hydrogen) atoms. The third-order valence-corrected chi connectivity index (χ3v) is 7.43. The van der Waals surface area contributed by atoms with Gasteiger partial charge in [0.1, 0.15) is 5.41 Å². The Kier molecular flexibility index (Phi) is 5.10. The summed E-state index contributed by atoms with van der Waals surface area (Å²) < 4.78 is 31.7. The third kappa shape index (κ3) is 2.92. The van der Waals surface area contributed by atoms with Crippen LogP contribution in [0.2, 0.25) is 5.02 Å². The molecule has 0 radical (unpaired) electrons. The fourth-order valence-electron chi connectivity index (χ4n) is 3.59. The van der Waals surface area contributed by atoms with Crippen molar-refractivity contribution in [3.05, 3.63) is 65.2 Å². The maximum atomic E-state index is 13.2. The number of carbonyl (C=O) groups excluding carboxylic acids is 1. The molecule has 2 aromatic rings. The van der Waals surface area contributed by atoms with Crippen LogP contribution in [-0.4, -0.2) is 32.8 Å². The first-order valence-electron chi connectivity index (χ1n) is 8.31. The van der Waals surface area contributed by atoms with E-state index in [1.165, 1.54) is 12.1 Å². The number of esters is 1. The highest BCUT2D eigenvalue weighted by Crippen LogP contribution is 2.64. The van der Waals surface area contributed by atoms with Crippen LogP contribution in [0.1, 0.15) is 18.4 Å². The molecule has 2 N–H and O–H groups in total. The lowest BCUT2D eigenvalue weighted by Gasteiger charge is -2.14. The number of ether oxygens (including phenoxy) is 1. The number of halogens is 1. The van der Waals surface area contributed by atoms with Crippen molar-refractivity contribution in [3.8, 4) is 0 Å². The van der Waals surface area contributed by atoms with Crippen LogP contribution in [0.3, 0.4) is 0 Å². The molecule has 0 unspecified atom stereocenters. The van der Waals surface area contributed by atoms with Crippen molar-refractivity contribution < 1.29 is 17.9 Å². The van der Waals surface area contributed by atoms with Crippen LogP contribution in [0.15, 0.2) is 59.5 Å². The van der Waals surface area contributed by atoms with Gasteiger partial charge in [-0.25, -0.2) is 8.42 Å². The molecule has 0 saturated heterocycles. The highest BCUT2D eigenvalue weighted by atomic mass is 35.5. The average Bonchev–Trinajstić information content (AvgIpc) is 3.35.